The van der Waals surface area contributed by atoms with Crippen LogP contribution < -0.4 is 0 Å². The fourth-order valence-corrected chi connectivity index (χ4v) is 1.76. The molecule has 0 radical (unpaired) electrons. The molecular weight excluding hydrogens is 274 g/mol. The highest BCUT2D eigenvalue weighted by Gasteiger charge is 2.12. The SMILES string of the molecule is O=C(COCC=Cc1ccccc1)c1ccc(F)cc1F. The van der Waals surface area contributed by atoms with Gasteiger partial charge in [-0.3, -0.25) is 4.79 Å². The monoisotopic (exact) mass is 288 g/mol. The molecule has 0 saturated heterocycles. The molecule has 0 spiro atoms. The van der Waals surface area contributed by atoms with Gasteiger partial charge in [0, 0.05) is 6.07 Å². The van der Waals surface area contributed by atoms with E-state index in [9.17, 15) is 13.6 Å². The van der Waals surface area contributed by atoms with Crippen LogP contribution in [-0.4, -0.2) is 19.0 Å². The summed E-state index contributed by atoms with van der Waals surface area (Å²) in [5.41, 5.74) is 0.862. The van der Waals surface area contributed by atoms with Gasteiger partial charge in [-0.1, -0.05) is 42.5 Å². The van der Waals surface area contributed by atoms with E-state index in [0.29, 0.717) is 6.07 Å². The molecule has 2 aromatic rings. The Balaban J connectivity index is 1.81. The van der Waals surface area contributed by atoms with Crippen LogP contribution in [-0.2, 0) is 4.74 Å². The molecule has 0 heterocycles. The second-order valence-corrected chi connectivity index (χ2v) is 4.38. The number of carbonyl (C=O) groups excluding carboxylic acids is 1. The summed E-state index contributed by atoms with van der Waals surface area (Å²) in [7, 11) is 0. The Hall–Kier alpha value is -2.33. The van der Waals surface area contributed by atoms with Crippen LogP contribution in [0.25, 0.3) is 6.08 Å². The summed E-state index contributed by atoms with van der Waals surface area (Å²) in [5.74, 6) is -2.10. The third-order valence-electron chi connectivity index (χ3n) is 2.79. The number of Topliss-reactive ketones (excluding diaryl/α,β-unsaturated/α-hetero) is 1. The molecule has 0 amide bonds. The molecule has 0 aliphatic heterocycles. The Kier molecular flexibility index (Phi) is 5.35. The minimum Gasteiger partial charge on any atom is -0.369 e. The minimum atomic E-state index is -0.872. The summed E-state index contributed by atoms with van der Waals surface area (Å²) >= 11 is 0. The third kappa shape index (κ3) is 4.61. The average Bonchev–Trinajstić information content (AvgIpc) is 2.47. The maximum atomic E-state index is 13.4. The molecule has 0 aliphatic rings. The van der Waals surface area contributed by atoms with Crippen molar-refractivity contribution in [3.05, 3.63) is 77.4 Å². The van der Waals surface area contributed by atoms with Crippen molar-refractivity contribution < 1.29 is 18.3 Å². The van der Waals surface area contributed by atoms with Gasteiger partial charge in [-0.2, -0.15) is 0 Å². The van der Waals surface area contributed by atoms with Gasteiger partial charge in [-0.15, -0.1) is 0 Å². The number of rotatable bonds is 6. The molecule has 2 nitrogen and oxygen atoms in total. The van der Waals surface area contributed by atoms with Crippen molar-refractivity contribution in [3.63, 3.8) is 0 Å². The molecule has 21 heavy (non-hydrogen) atoms. The van der Waals surface area contributed by atoms with Crippen LogP contribution in [0, 0.1) is 11.6 Å². The van der Waals surface area contributed by atoms with E-state index in [0.717, 1.165) is 17.7 Å². The van der Waals surface area contributed by atoms with E-state index in [1.54, 1.807) is 6.08 Å². The Bertz CT molecular complexity index is 636. The van der Waals surface area contributed by atoms with Crippen LogP contribution in [0.4, 0.5) is 8.78 Å². The number of hydrogen-bond acceptors (Lipinski definition) is 2. The minimum absolute atomic E-state index is 0.163. The van der Waals surface area contributed by atoms with E-state index in [1.165, 1.54) is 0 Å². The molecule has 2 aromatic carbocycles. The highest BCUT2D eigenvalue weighted by molar-refractivity contribution is 5.97. The zero-order valence-corrected chi connectivity index (χ0v) is 11.3. The number of hydrogen-bond donors (Lipinski definition) is 0. The molecule has 0 unspecified atom stereocenters. The molecule has 0 saturated carbocycles. The van der Waals surface area contributed by atoms with Crippen molar-refractivity contribution in [3.8, 4) is 0 Å². The first-order chi connectivity index (χ1) is 10.2. The Morgan fingerprint density at radius 3 is 2.57 bits per heavy atom. The fourth-order valence-electron chi connectivity index (χ4n) is 1.76. The summed E-state index contributed by atoms with van der Waals surface area (Å²) in [5, 5.41) is 0. The molecule has 0 aliphatic carbocycles. The van der Waals surface area contributed by atoms with Crippen LogP contribution in [0.15, 0.2) is 54.6 Å². The second kappa shape index (κ2) is 7.45. The highest BCUT2D eigenvalue weighted by Crippen LogP contribution is 2.10. The van der Waals surface area contributed by atoms with E-state index in [-0.39, 0.29) is 18.8 Å². The fraction of sp³-hybridized carbons (Fsp3) is 0.118. The lowest BCUT2D eigenvalue weighted by atomic mass is 10.1. The average molecular weight is 288 g/mol. The summed E-state index contributed by atoms with van der Waals surface area (Å²) in [4.78, 5) is 11.7. The van der Waals surface area contributed by atoms with E-state index < -0.39 is 17.4 Å². The topological polar surface area (TPSA) is 26.3 Å². The van der Waals surface area contributed by atoms with E-state index in [2.05, 4.69) is 0 Å². The predicted octanol–water partition coefficient (Wildman–Crippen LogP) is 3.88. The molecule has 108 valence electrons. The molecule has 0 N–H and O–H groups in total. The van der Waals surface area contributed by atoms with Crippen LogP contribution >= 0.6 is 0 Å². The first-order valence-electron chi connectivity index (χ1n) is 6.44. The van der Waals surface area contributed by atoms with Gasteiger partial charge in [0.1, 0.15) is 18.2 Å². The van der Waals surface area contributed by atoms with Crippen molar-refractivity contribution in [1.82, 2.24) is 0 Å². The Labute approximate surface area is 121 Å². The van der Waals surface area contributed by atoms with Crippen molar-refractivity contribution in [2.24, 2.45) is 0 Å². The van der Waals surface area contributed by atoms with E-state index in [1.807, 2.05) is 36.4 Å². The van der Waals surface area contributed by atoms with Crippen molar-refractivity contribution in [1.29, 1.82) is 0 Å². The molecule has 0 aromatic heterocycles. The standard InChI is InChI=1S/C17H14F2O2/c18-14-8-9-15(16(19)11-14)17(20)12-21-10-4-7-13-5-2-1-3-6-13/h1-9,11H,10,12H2. The molecule has 0 fully saturated rings. The molecule has 0 bridgehead atoms. The lowest BCUT2D eigenvalue weighted by Crippen LogP contribution is -2.11. The molecule has 0 atom stereocenters. The zero-order valence-electron chi connectivity index (χ0n) is 11.3. The van der Waals surface area contributed by atoms with Gasteiger partial charge < -0.3 is 4.74 Å². The van der Waals surface area contributed by atoms with Gasteiger partial charge in [0.05, 0.1) is 12.2 Å². The number of carbonyl (C=O) groups is 1. The number of ether oxygens (including phenoxy) is 1. The van der Waals surface area contributed by atoms with Gasteiger partial charge >= 0.3 is 0 Å². The van der Waals surface area contributed by atoms with Crippen LogP contribution in [0.1, 0.15) is 15.9 Å². The third-order valence-corrected chi connectivity index (χ3v) is 2.79. The number of ketones is 1. The molecule has 2 rings (SSSR count). The Morgan fingerprint density at radius 1 is 1.10 bits per heavy atom. The first-order valence-corrected chi connectivity index (χ1v) is 6.44. The second-order valence-electron chi connectivity index (χ2n) is 4.38. The Morgan fingerprint density at radius 2 is 1.86 bits per heavy atom. The smallest absolute Gasteiger partial charge is 0.191 e. The van der Waals surface area contributed by atoms with Gasteiger partial charge in [0.25, 0.3) is 0 Å². The van der Waals surface area contributed by atoms with Gasteiger partial charge in [-0.05, 0) is 17.7 Å². The zero-order chi connectivity index (χ0) is 15.1. The molecule has 4 heteroatoms. The van der Waals surface area contributed by atoms with Crippen molar-refractivity contribution >= 4 is 11.9 Å². The first kappa shape index (κ1) is 15.1. The maximum Gasteiger partial charge on any atom is 0.191 e. The summed E-state index contributed by atoms with van der Waals surface area (Å²) < 4.78 is 31.3. The van der Waals surface area contributed by atoms with Crippen LogP contribution in [0.2, 0.25) is 0 Å². The van der Waals surface area contributed by atoms with Crippen LogP contribution in [0.5, 0.6) is 0 Å². The van der Waals surface area contributed by atoms with Gasteiger partial charge in [0.15, 0.2) is 5.78 Å². The van der Waals surface area contributed by atoms with E-state index >= 15 is 0 Å². The normalized spacial score (nSPS) is 11.0. The van der Waals surface area contributed by atoms with Crippen molar-refractivity contribution in [2.75, 3.05) is 13.2 Å². The number of benzene rings is 2. The summed E-state index contributed by atoms with van der Waals surface area (Å²) in [6.07, 6.45) is 3.63. The summed E-state index contributed by atoms with van der Waals surface area (Å²) in [6, 6.07) is 12.5. The lowest BCUT2D eigenvalue weighted by molar-refractivity contribution is 0.0802. The van der Waals surface area contributed by atoms with Gasteiger partial charge in [0.2, 0.25) is 0 Å². The molecular formula is C17H14F2O2. The summed E-state index contributed by atoms with van der Waals surface area (Å²) in [6.45, 7) is -0.00880. The van der Waals surface area contributed by atoms with Crippen LogP contribution in [0.3, 0.4) is 0 Å². The van der Waals surface area contributed by atoms with Gasteiger partial charge in [-0.25, -0.2) is 8.78 Å². The lowest BCUT2D eigenvalue weighted by Gasteiger charge is -2.03. The largest absolute Gasteiger partial charge is 0.369 e. The quantitative estimate of drug-likeness (QED) is 0.595. The number of halogens is 2. The van der Waals surface area contributed by atoms with E-state index in [4.69, 9.17) is 4.74 Å². The maximum absolute atomic E-state index is 13.4. The highest BCUT2D eigenvalue weighted by atomic mass is 19.1. The van der Waals surface area contributed by atoms with Crippen molar-refractivity contribution in [2.45, 2.75) is 0 Å². The predicted molar refractivity (Wildman–Crippen MR) is 77.0 cm³/mol.